The predicted octanol–water partition coefficient (Wildman–Crippen LogP) is 2.90. The number of fused-ring (bicyclic) bond motifs is 1. The van der Waals surface area contributed by atoms with Crippen molar-refractivity contribution in [1.82, 2.24) is 9.78 Å². The van der Waals surface area contributed by atoms with Gasteiger partial charge in [0.15, 0.2) is 0 Å². The zero-order valence-electron chi connectivity index (χ0n) is 15.7. The molecule has 0 unspecified atom stereocenters. The van der Waals surface area contributed by atoms with E-state index in [1.165, 1.54) is 10.7 Å². The molecule has 0 N–H and O–H groups in total. The van der Waals surface area contributed by atoms with Gasteiger partial charge in [0.1, 0.15) is 12.3 Å². The summed E-state index contributed by atoms with van der Waals surface area (Å²) >= 11 is 0. The Morgan fingerprint density at radius 3 is 2.64 bits per heavy atom. The van der Waals surface area contributed by atoms with Crippen LogP contribution in [0.1, 0.15) is 12.5 Å². The number of hydrogen-bond donors (Lipinski definition) is 0. The van der Waals surface area contributed by atoms with E-state index in [9.17, 15) is 9.59 Å². The van der Waals surface area contributed by atoms with Crippen LogP contribution >= 0.6 is 0 Å². The average Bonchev–Trinajstić information content (AvgIpc) is 3.15. The lowest BCUT2D eigenvalue weighted by Gasteiger charge is -2.17. The van der Waals surface area contributed by atoms with Gasteiger partial charge in [-0.25, -0.2) is 4.68 Å². The molecule has 142 valence electrons. The number of carbonyl (C=O) groups excluding carboxylic acids is 1. The first-order valence-electron chi connectivity index (χ1n) is 9.35. The Morgan fingerprint density at radius 2 is 1.86 bits per heavy atom. The van der Waals surface area contributed by atoms with Crippen LogP contribution in [0.2, 0.25) is 0 Å². The monoisotopic (exact) mass is 375 g/mol. The van der Waals surface area contributed by atoms with Gasteiger partial charge in [0.2, 0.25) is 5.91 Å². The van der Waals surface area contributed by atoms with Crippen molar-refractivity contribution in [2.45, 2.75) is 19.9 Å². The number of benzene rings is 2. The van der Waals surface area contributed by atoms with E-state index < -0.39 is 0 Å². The standard InChI is InChI=1S/C22H21N3O3/c1-2-28-18-9-7-16(8-10-18)19-11-12-21(26)25(23-19)15-22(27)24-14-13-17-5-3-4-6-20(17)24/h3-12H,2,13-15H2,1H3. The lowest BCUT2D eigenvalue weighted by molar-refractivity contribution is -0.119. The molecule has 2 heterocycles. The molecular formula is C22H21N3O3. The Hall–Kier alpha value is -3.41. The summed E-state index contributed by atoms with van der Waals surface area (Å²) < 4.78 is 6.68. The molecule has 3 aromatic rings. The second kappa shape index (κ2) is 7.68. The fraction of sp³-hybridized carbons (Fsp3) is 0.227. The van der Waals surface area contributed by atoms with E-state index in [1.807, 2.05) is 55.5 Å². The number of rotatable bonds is 5. The maximum Gasteiger partial charge on any atom is 0.267 e. The Bertz CT molecular complexity index is 1060. The molecule has 0 radical (unpaired) electrons. The van der Waals surface area contributed by atoms with E-state index in [0.717, 1.165) is 29.0 Å². The summed E-state index contributed by atoms with van der Waals surface area (Å²) in [6.07, 6.45) is 0.830. The van der Waals surface area contributed by atoms with Crippen LogP contribution in [0, 0.1) is 0 Å². The molecule has 0 spiro atoms. The summed E-state index contributed by atoms with van der Waals surface area (Å²) in [6, 6.07) is 18.5. The van der Waals surface area contributed by atoms with Gasteiger partial charge in [-0.2, -0.15) is 5.10 Å². The molecule has 1 aliphatic rings. The quantitative estimate of drug-likeness (QED) is 0.688. The van der Waals surface area contributed by atoms with Gasteiger partial charge in [0.25, 0.3) is 5.56 Å². The molecule has 0 aliphatic carbocycles. The Labute approximate surface area is 163 Å². The average molecular weight is 375 g/mol. The molecule has 2 aromatic carbocycles. The first kappa shape index (κ1) is 18.0. The van der Waals surface area contributed by atoms with Crippen LogP contribution in [-0.4, -0.2) is 28.8 Å². The van der Waals surface area contributed by atoms with Crippen molar-refractivity contribution in [3.05, 3.63) is 76.6 Å². The number of anilines is 1. The molecule has 4 rings (SSSR count). The van der Waals surface area contributed by atoms with Gasteiger partial charge in [-0.15, -0.1) is 0 Å². The molecule has 6 nitrogen and oxygen atoms in total. The third-order valence-corrected chi connectivity index (χ3v) is 4.80. The molecule has 0 atom stereocenters. The molecule has 1 amide bonds. The van der Waals surface area contributed by atoms with Crippen LogP contribution in [0.4, 0.5) is 5.69 Å². The predicted molar refractivity (Wildman–Crippen MR) is 108 cm³/mol. The number of amides is 1. The summed E-state index contributed by atoms with van der Waals surface area (Å²) in [5.41, 5.74) is 3.27. The topological polar surface area (TPSA) is 64.4 Å². The fourth-order valence-electron chi connectivity index (χ4n) is 3.42. The normalized spacial score (nSPS) is 12.7. The largest absolute Gasteiger partial charge is 0.494 e. The lowest BCUT2D eigenvalue weighted by Crippen LogP contribution is -2.36. The highest BCUT2D eigenvalue weighted by Crippen LogP contribution is 2.27. The number of carbonyl (C=O) groups is 1. The van der Waals surface area contributed by atoms with Crippen LogP contribution in [0.15, 0.2) is 65.5 Å². The van der Waals surface area contributed by atoms with Crippen LogP contribution in [0.25, 0.3) is 11.3 Å². The third kappa shape index (κ3) is 3.53. The second-order valence-corrected chi connectivity index (χ2v) is 6.60. The second-order valence-electron chi connectivity index (χ2n) is 6.60. The number of hydrogen-bond acceptors (Lipinski definition) is 4. The van der Waals surface area contributed by atoms with Crippen molar-refractivity contribution in [3.8, 4) is 17.0 Å². The first-order chi connectivity index (χ1) is 13.7. The van der Waals surface area contributed by atoms with E-state index in [-0.39, 0.29) is 18.0 Å². The van der Waals surface area contributed by atoms with E-state index in [0.29, 0.717) is 18.8 Å². The lowest BCUT2D eigenvalue weighted by atomic mass is 10.1. The van der Waals surface area contributed by atoms with E-state index >= 15 is 0 Å². The smallest absolute Gasteiger partial charge is 0.267 e. The number of aromatic nitrogens is 2. The minimum absolute atomic E-state index is 0.0853. The maximum absolute atomic E-state index is 12.8. The van der Waals surface area contributed by atoms with Crippen molar-refractivity contribution in [2.24, 2.45) is 0 Å². The van der Waals surface area contributed by atoms with Crippen LogP contribution < -0.4 is 15.2 Å². The van der Waals surface area contributed by atoms with E-state index in [1.54, 1.807) is 11.0 Å². The summed E-state index contributed by atoms with van der Waals surface area (Å²) in [6.45, 7) is 3.08. The molecule has 28 heavy (non-hydrogen) atoms. The van der Waals surface area contributed by atoms with Gasteiger partial charge in [-0.1, -0.05) is 18.2 Å². The molecular weight excluding hydrogens is 354 g/mol. The van der Waals surface area contributed by atoms with Crippen LogP contribution in [0.3, 0.4) is 0 Å². The molecule has 0 bridgehead atoms. The van der Waals surface area contributed by atoms with Gasteiger partial charge < -0.3 is 9.64 Å². The minimum atomic E-state index is -0.296. The zero-order valence-corrected chi connectivity index (χ0v) is 15.7. The van der Waals surface area contributed by atoms with E-state index in [4.69, 9.17) is 4.74 Å². The van der Waals surface area contributed by atoms with Crippen LogP contribution in [-0.2, 0) is 17.8 Å². The number of ether oxygens (including phenoxy) is 1. The highest BCUT2D eigenvalue weighted by Gasteiger charge is 2.24. The molecule has 1 aromatic heterocycles. The van der Waals surface area contributed by atoms with Gasteiger partial charge in [-0.3, -0.25) is 9.59 Å². The maximum atomic E-state index is 12.8. The summed E-state index contributed by atoms with van der Waals surface area (Å²) in [5, 5.41) is 4.40. The third-order valence-electron chi connectivity index (χ3n) is 4.80. The molecule has 6 heteroatoms. The van der Waals surface area contributed by atoms with Gasteiger partial charge in [-0.05, 0) is 55.3 Å². The van der Waals surface area contributed by atoms with E-state index in [2.05, 4.69) is 5.10 Å². The number of para-hydroxylation sites is 1. The molecule has 0 fully saturated rings. The minimum Gasteiger partial charge on any atom is -0.494 e. The zero-order chi connectivity index (χ0) is 19.5. The highest BCUT2D eigenvalue weighted by atomic mass is 16.5. The summed E-state index contributed by atoms with van der Waals surface area (Å²) in [5.74, 6) is 0.644. The Balaban J connectivity index is 1.56. The number of nitrogens with zero attached hydrogens (tertiary/aromatic N) is 3. The molecule has 0 saturated heterocycles. The van der Waals surface area contributed by atoms with Crippen molar-refractivity contribution in [2.75, 3.05) is 18.1 Å². The van der Waals surface area contributed by atoms with Crippen molar-refractivity contribution >= 4 is 11.6 Å². The first-order valence-corrected chi connectivity index (χ1v) is 9.35. The van der Waals surface area contributed by atoms with Gasteiger partial charge >= 0.3 is 0 Å². The Kier molecular flexibility index (Phi) is 4.93. The van der Waals surface area contributed by atoms with Crippen molar-refractivity contribution < 1.29 is 9.53 Å². The Morgan fingerprint density at radius 1 is 1.07 bits per heavy atom. The SMILES string of the molecule is CCOc1ccc(-c2ccc(=O)n(CC(=O)N3CCc4ccccc43)n2)cc1. The molecule has 0 saturated carbocycles. The van der Waals surface area contributed by atoms with Crippen molar-refractivity contribution in [3.63, 3.8) is 0 Å². The highest BCUT2D eigenvalue weighted by molar-refractivity contribution is 5.95. The van der Waals surface area contributed by atoms with Gasteiger partial charge in [0, 0.05) is 23.9 Å². The van der Waals surface area contributed by atoms with Gasteiger partial charge in [0.05, 0.1) is 12.3 Å². The summed E-state index contributed by atoms with van der Waals surface area (Å²) in [4.78, 5) is 26.8. The fourth-order valence-corrected chi connectivity index (χ4v) is 3.42. The van der Waals surface area contributed by atoms with Crippen molar-refractivity contribution in [1.29, 1.82) is 0 Å². The van der Waals surface area contributed by atoms with Crippen LogP contribution in [0.5, 0.6) is 5.75 Å². The molecule has 1 aliphatic heterocycles. The summed E-state index contributed by atoms with van der Waals surface area (Å²) in [7, 11) is 0.